The van der Waals surface area contributed by atoms with Crippen molar-refractivity contribution in [2.45, 2.75) is 6.04 Å². The summed E-state index contributed by atoms with van der Waals surface area (Å²) in [5.41, 5.74) is 6.04. The van der Waals surface area contributed by atoms with E-state index in [0.717, 1.165) is 0 Å². The first-order chi connectivity index (χ1) is 5.66. The number of rotatable bonds is 2. The molecule has 1 atom stereocenters. The van der Waals surface area contributed by atoms with Crippen molar-refractivity contribution in [3.63, 3.8) is 0 Å². The molecule has 13 heavy (non-hydrogen) atoms. The van der Waals surface area contributed by atoms with Crippen LogP contribution in [-0.2, 0) is 0 Å². The molecule has 2 N–H and O–H groups in total. The summed E-state index contributed by atoms with van der Waals surface area (Å²) in [7, 11) is 0. The van der Waals surface area contributed by atoms with Gasteiger partial charge in [0, 0.05) is 5.56 Å². The number of hydrogen-bond donors (Lipinski definition) is 1. The maximum atomic E-state index is 13.3. The Bertz CT molecular complexity index is 304. The Labute approximate surface area is 91.4 Å². The molecule has 1 nitrogen and oxygen atoms in total. The van der Waals surface area contributed by atoms with Crippen molar-refractivity contribution in [2.75, 3.05) is 0 Å². The van der Waals surface area contributed by atoms with Crippen LogP contribution in [-0.4, -0.2) is 0 Å². The molecule has 0 saturated carbocycles. The van der Waals surface area contributed by atoms with Gasteiger partial charge in [0.1, 0.15) is 5.82 Å². The van der Waals surface area contributed by atoms with Crippen molar-refractivity contribution in [2.24, 2.45) is 5.73 Å². The Morgan fingerprint density at radius 1 is 1.54 bits per heavy atom. The van der Waals surface area contributed by atoms with Gasteiger partial charge >= 0.3 is 0 Å². The third-order valence-electron chi connectivity index (χ3n) is 1.59. The molecule has 0 amide bonds. The fraction of sp³-hybridized carbons (Fsp3) is 0.111. The molecular weight excluding hydrogens is 256 g/mol. The van der Waals surface area contributed by atoms with Crippen molar-refractivity contribution in [1.82, 2.24) is 0 Å². The highest BCUT2D eigenvalue weighted by molar-refractivity contribution is 9.10. The number of hydrogen-bond acceptors (Lipinski definition) is 1. The Hall–Kier alpha value is -0.380. The standard InChI is InChI=1S/C9H9BrFN.ClH/c1-2-8(12)6-4-3-5-7(10)9(6)11;/h2-5,8H,1,12H2;1H/t8-;/m0./s1. The molecule has 0 spiro atoms. The van der Waals surface area contributed by atoms with E-state index < -0.39 is 6.04 Å². The zero-order valence-electron chi connectivity index (χ0n) is 6.84. The van der Waals surface area contributed by atoms with E-state index in [4.69, 9.17) is 5.73 Å². The van der Waals surface area contributed by atoms with Crippen LogP contribution >= 0.6 is 28.3 Å². The lowest BCUT2D eigenvalue weighted by Gasteiger charge is -2.08. The normalized spacial score (nSPS) is 11.6. The number of benzene rings is 1. The van der Waals surface area contributed by atoms with Gasteiger partial charge in [-0.05, 0) is 22.0 Å². The van der Waals surface area contributed by atoms with E-state index in [1.165, 1.54) is 6.08 Å². The molecule has 0 aliphatic carbocycles. The van der Waals surface area contributed by atoms with Crippen LogP contribution in [0.4, 0.5) is 4.39 Å². The van der Waals surface area contributed by atoms with Crippen LogP contribution in [0.1, 0.15) is 11.6 Å². The molecule has 0 aromatic heterocycles. The van der Waals surface area contributed by atoms with Crippen LogP contribution in [0.15, 0.2) is 35.3 Å². The largest absolute Gasteiger partial charge is 0.321 e. The monoisotopic (exact) mass is 265 g/mol. The van der Waals surface area contributed by atoms with E-state index in [9.17, 15) is 4.39 Å². The predicted octanol–water partition coefficient (Wildman–Crippen LogP) is 3.20. The molecule has 0 unspecified atom stereocenters. The maximum absolute atomic E-state index is 13.3. The lowest BCUT2D eigenvalue weighted by molar-refractivity contribution is 0.596. The summed E-state index contributed by atoms with van der Waals surface area (Å²) < 4.78 is 13.7. The molecule has 4 heteroatoms. The quantitative estimate of drug-likeness (QED) is 0.818. The summed E-state index contributed by atoms with van der Waals surface area (Å²) in [6.07, 6.45) is 1.50. The Morgan fingerprint density at radius 2 is 2.15 bits per heavy atom. The van der Waals surface area contributed by atoms with Gasteiger partial charge in [0.15, 0.2) is 0 Å². The summed E-state index contributed by atoms with van der Waals surface area (Å²) >= 11 is 3.08. The average molecular weight is 267 g/mol. The number of nitrogens with two attached hydrogens (primary N) is 1. The fourth-order valence-corrected chi connectivity index (χ4v) is 1.29. The van der Waals surface area contributed by atoms with E-state index in [1.807, 2.05) is 0 Å². The Morgan fingerprint density at radius 3 is 2.69 bits per heavy atom. The van der Waals surface area contributed by atoms with E-state index >= 15 is 0 Å². The lowest BCUT2D eigenvalue weighted by atomic mass is 10.1. The smallest absolute Gasteiger partial charge is 0.142 e. The zero-order valence-corrected chi connectivity index (χ0v) is 9.24. The zero-order chi connectivity index (χ0) is 9.14. The summed E-state index contributed by atoms with van der Waals surface area (Å²) in [5.74, 6) is -0.315. The first-order valence-electron chi connectivity index (χ1n) is 3.49. The summed E-state index contributed by atoms with van der Waals surface area (Å²) in [6, 6.07) is 4.58. The van der Waals surface area contributed by atoms with Crippen molar-refractivity contribution >= 4 is 28.3 Å². The molecule has 0 radical (unpaired) electrons. The highest BCUT2D eigenvalue weighted by Crippen LogP contribution is 2.22. The van der Waals surface area contributed by atoms with E-state index in [-0.39, 0.29) is 18.2 Å². The van der Waals surface area contributed by atoms with Crippen molar-refractivity contribution < 1.29 is 4.39 Å². The second kappa shape index (κ2) is 5.37. The molecule has 0 fully saturated rings. The Kier molecular flexibility index (Phi) is 5.21. The lowest BCUT2D eigenvalue weighted by Crippen LogP contribution is -2.08. The van der Waals surface area contributed by atoms with Gasteiger partial charge < -0.3 is 5.73 Å². The molecule has 1 aromatic rings. The van der Waals surface area contributed by atoms with Gasteiger partial charge in [-0.25, -0.2) is 4.39 Å². The molecule has 0 bridgehead atoms. The first kappa shape index (κ1) is 12.6. The molecule has 0 aliphatic heterocycles. The molecule has 72 valence electrons. The molecule has 1 rings (SSSR count). The SMILES string of the molecule is C=C[C@H](N)c1cccc(Br)c1F.Cl. The second-order valence-corrected chi connectivity index (χ2v) is 3.26. The van der Waals surface area contributed by atoms with Gasteiger partial charge in [-0.1, -0.05) is 18.2 Å². The van der Waals surface area contributed by atoms with Gasteiger partial charge in [0.05, 0.1) is 10.5 Å². The summed E-state index contributed by atoms with van der Waals surface area (Å²) in [4.78, 5) is 0. The van der Waals surface area contributed by atoms with Crippen LogP contribution < -0.4 is 5.73 Å². The summed E-state index contributed by atoms with van der Waals surface area (Å²) in [5, 5.41) is 0. The van der Waals surface area contributed by atoms with Gasteiger partial charge in [-0.2, -0.15) is 0 Å². The molecule has 0 aliphatic rings. The third kappa shape index (κ3) is 2.79. The highest BCUT2D eigenvalue weighted by atomic mass is 79.9. The Balaban J connectivity index is 0.00000144. The van der Waals surface area contributed by atoms with Crippen LogP contribution in [0.25, 0.3) is 0 Å². The molecule has 0 saturated heterocycles. The molecule has 0 heterocycles. The molecule has 1 aromatic carbocycles. The second-order valence-electron chi connectivity index (χ2n) is 2.40. The maximum Gasteiger partial charge on any atom is 0.142 e. The number of halogens is 3. The van der Waals surface area contributed by atoms with Gasteiger partial charge in [0.25, 0.3) is 0 Å². The van der Waals surface area contributed by atoms with Crippen LogP contribution in [0.2, 0.25) is 0 Å². The van der Waals surface area contributed by atoms with Gasteiger partial charge in [-0.15, -0.1) is 19.0 Å². The van der Waals surface area contributed by atoms with Gasteiger partial charge in [0.2, 0.25) is 0 Å². The topological polar surface area (TPSA) is 26.0 Å². The predicted molar refractivity (Wildman–Crippen MR) is 58.5 cm³/mol. The van der Waals surface area contributed by atoms with E-state index in [2.05, 4.69) is 22.5 Å². The fourth-order valence-electron chi connectivity index (χ4n) is 0.905. The van der Waals surface area contributed by atoms with Gasteiger partial charge in [-0.3, -0.25) is 0 Å². The molecular formula is C9H10BrClFN. The minimum Gasteiger partial charge on any atom is -0.321 e. The van der Waals surface area contributed by atoms with Crippen molar-refractivity contribution in [3.8, 4) is 0 Å². The highest BCUT2D eigenvalue weighted by Gasteiger charge is 2.09. The van der Waals surface area contributed by atoms with Crippen LogP contribution in [0.5, 0.6) is 0 Å². The summed E-state index contributed by atoms with van der Waals surface area (Å²) in [6.45, 7) is 3.50. The third-order valence-corrected chi connectivity index (χ3v) is 2.21. The minimum atomic E-state index is -0.442. The van der Waals surface area contributed by atoms with Crippen LogP contribution in [0.3, 0.4) is 0 Å². The van der Waals surface area contributed by atoms with Crippen LogP contribution in [0, 0.1) is 5.82 Å². The average Bonchev–Trinajstić information content (AvgIpc) is 2.08. The van der Waals surface area contributed by atoms with E-state index in [0.29, 0.717) is 10.0 Å². The first-order valence-corrected chi connectivity index (χ1v) is 4.28. The minimum absolute atomic E-state index is 0. The van der Waals surface area contributed by atoms with Crippen molar-refractivity contribution in [1.29, 1.82) is 0 Å². The van der Waals surface area contributed by atoms with E-state index in [1.54, 1.807) is 18.2 Å². The van der Waals surface area contributed by atoms with Crippen molar-refractivity contribution in [3.05, 3.63) is 46.7 Å².